The lowest BCUT2D eigenvalue weighted by Gasteiger charge is -2.16. The summed E-state index contributed by atoms with van der Waals surface area (Å²) in [4.78, 5) is 11.6. The van der Waals surface area contributed by atoms with E-state index in [0.717, 1.165) is 5.69 Å². The van der Waals surface area contributed by atoms with Crippen LogP contribution < -0.4 is 16.4 Å². The van der Waals surface area contributed by atoms with Crippen LogP contribution in [0.1, 0.15) is 20.8 Å². The Morgan fingerprint density at radius 2 is 1.82 bits per heavy atom. The van der Waals surface area contributed by atoms with Crippen molar-refractivity contribution >= 4 is 17.4 Å². The van der Waals surface area contributed by atoms with Crippen LogP contribution in [-0.4, -0.2) is 12.6 Å². The van der Waals surface area contributed by atoms with E-state index in [-0.39, 0.29) is 6.03 Å². The minimum absolute atomic E-state index is 0.178. The summed E-state index contributed by atoms with van der Waals surface area (Å²) < 4.78 is 0. The minimum atomic E-state index is -0.178. The number of carbonyl (C=O) groups excluding carboxylic acids is 1. The number of nitrogens with one attached hydrogen (secondary N) is 2. The summed E-state index contributed by atoms with van der Waals surface area (Å²) in [5.41, 5.74) is 6.99. The maximum absolute atomic E-state index is 11.6. The molecule has 0 aliphatic heterocycles. The van der Waals surface area contributed by atoms with Crippen molar-refractivity contribution in [1.29, 1.82) is 0 Å². The van der Waals surface area contributed by atoms with Crippen molar-refractivity contribution in [3.63, 3.8) is 0 Å². The number of rotatable bonds is 4. The highest BCUT2D eigenvalue weighted by molar-refractivity contribution is 5.89. The van der Waals surface area contributed by atoms with Gasteiger partial charge in [0.25, 0.3) is 0 Å². The van der Waals surface area contributed by atoms with E-state index < -0.39 is 0 Å². The second-order valence-corrected chi connectivity index (χ2v) is 4.68. The number of hydrogen-bond acceptors (Lipinski definition) is 2. The number of nitrogen functional groups attached to an aromatic ring is 1. The molecular weight excluding hydrogens is 214 g/mol. The monoisotopic (exact) mass is 235 g/mol. The summed E-state index contributed by atoms with van der Waals surface area (Å²) in [7, 11) is 0. The van der Waals surface area contributed by atoms with Gasteiger partial charge >= 0.3 is 6.03 Å². The first-order valence-electron chi connectivity index (χ1n) is 5.89. The molecule has 1 unspecified atom stereocenters. The van der Waals surface area contributed by atoms with Crippen LogP contribution in [0.4, 0.5) is 16.2 Å². The van der Waals surface area contributed by atoms with E-state index in [0.29, 0.717) is 24.1 Å². The molecule has 17 heavy (non-hydrogen) atoms. The molecule has 0 radical (unpaired) electrons. The summed E-state index contributed by atoms with van der Waals surface area (Å²) in [5, 5.41) is 5.60. The lowest BCUT2D eigenvalue weighted by Crippen LogP contribution is -2.33. The highest BCUT2D eigenvalue weighted by Crippen LogP contribution is 2.10. The van der Waals surface area contributed by atoms with Crippen LogP contribution in [-0.2, 0) is 0 Å². The van der Waals surface area contributed by atoms with Crippen LogP contribution in [0.2, 0.25) is 0 Å². The molecule has 0 saturated carbocycles. The van der Waals surface area contributed by atoms with Gasteiger partial charge in [-0.05, 0) is 36.1 Å². The number of urea groups is 1. The molecule has 1 aromatic rings. The average Bonchev–Trinajstić information content (AvgIpc) is 2.29. The second-order valence-electron chi connectivity index (χ2n) is 4.68. The topological polar surface area (TPSA) is 67.2 Å². The third-order valence-electron chi connectivity index (χ3n) is 2.89. The van der Waals surface area contributed by atoms with Crippen LogP contribution in [0.15, 0.2) is 24.3 Å². The lowest BCUT2D eigenvalue weighted by molar-refractivity contribution is 0.249. The average molecular weight is 235 g/mol. The Balaban J connectivity index is 2.37. The molecule has 0 spiro atoms. The fourth-order valence-electron chi connectivity index (χ4n) is 1.23. The molecule has 1 rings (SSSR count). The molecule has 94 valence electrons. The normalized spacial score (nSPS) is 12.2. The Morgan fingerprint density at radius 3 is 2.35 bits per heavy atom. The number of carbonyl (C=O) groups is 1. The van der Waals surface area contributed by atoms with Gasteiger partial charge in [0.2, 0.25) is 0 Å². The molecular formula is C13H21N3O. The van der Waals surface area contributed by atoms with E-state index in [4.69, 9.17) is 5.73 Å². The standard InChI is InChI=1S/C13H21N3O/c1-9(2)10(3)8-15-13(17)16-12-6-4-11(14)5-7-12/h4-7,9-10H,8,14H2,1-3H3,(H2,15,16,17). The zero-order chi connectivity index (χ0) is 12.8. The van der Waals surface area contributed by atoms with Crippen molar-refractivity contribution in [2.45, 2.75) is 20.8 Å². The van der Waals surface area contributed by atoms with Gasteiger partial charge in [0, 0.05) is 17.9 Å². The van der Waals surface area contributed by atoms with Crippen molar-refractivity contribution < 1.29 is 4.79 Å². The van der Waals surface area contributed by atoms with Gasteiger partial charge in [-0.1, -0.05) is 20.8 Å². The van der Waals surface area contributed by atoms with Crippen LogP contribution in [0, 0.1) is 11.8 Å². The smallest absolute Gasteiger partial charge is 0.319 e. The lowest BCUT2D eigenvalue weighted by atomic mass is 9.98. The van der Waals surface area contributed by atoms with Crippen molar-refractivity contribution in [2.75, 3.05) is 17.6 Å². The highest BCUT2D eigenvalue weighted by Gasteiger charge is 2.08. The van der Waals surface area contributed by atoms with Gasteiger partial charge in [0.05, 0.1) is 0 Å². The number of amides is 2. The van der Waals surface area contributed by atoms with Crippen molar-refractivity contribution in [1.82, 2.24) is 5.32 Å². The van der Waals surface area contributed by atoms with Gasteiger partial charge < -0.3 is 16.4 Å². The molecule has 4 heteroatoms. The molecule has 0 saturated heterocycles. The fraction of sp³-hybridized carbons (Fsp3) is 0.462. The number of hydrogen-bond donors (Lipinski definition) is 3. The Hall–Kier alpha value is -1.71. The van der Waals surface area contributed by atoms with Gasteiger partial charge in [-0.2, -0.15) is 0 Å². The summed E-state index contributed by atoms with van der Waals surface area (Å²) in [6.45, 7) is 7.08. The molecule has 2 amide bonds. The Bertz CT molecular complexity index is 359. The van der Waals surface area contributed by atoms with Crippen LogP contribution >= 0.6 is 0 Å². The van der Waals surface area contributed by atoms with Crippen LogP contribution in [0.5, 0.6) is 0 Å². The molecule has 0 bridgehead atoms. The van der Waals surface area contributed by atoms with E-state index in [9.17, 15) is 4.79 Å². The first kappa shape index (κ1) is 13.4. The summed E-state index contributed by atoms with van der Waals surface area (Å²) in [5.74, 6) is 1.03. The first-order chi connectivity index (χ1) is 7.99. The zero-order valence-electron chi connectivity index (χ0n) is 10.7. The molecule has 0 aliphatic carbocycles. The molecule has 4 nitrogen and oxygen atoms in total. The molecule has 4 N–H and O–H groups in total. The van der Waals surface area contributed by atoms with Gasteiger partial charge in [0.1, 0.15) is 0 Å². The Labute approximate surface area is 103 Å². The van der Waals surface area contributed by atoms with Crippen molar-refractivity contribution in [3.05, 3.63) is 24.3 Å². The predicted octanol–water partition coefficient (Wildman–Crippen LogP) is 2.68. The fourth-order valence-corrected chi connectivity index (χ4v) is 1.23. The van der Waals surface area contributed by atoms with E-state index in [1.165, 1.54) is 0 Å². The maximum atomic E-state index is 11.6. The van der Waals surface area contributed by atoms with E-state index >= 15 is 0 Å². The molecule has 0 fully saturated rings. The predicted molar refractivity (Wildman–Crippen MR) is 71.9 cm³/mol. The maximum Gasteiger partial charge on any atom is 0.319 e. The highest BCUT2D eigenvalue weighted by atomic mass is 16.2. The van der Waals surface area contributed by atoms with Gasteiger partial charge in [-0.3, -0.25) is 0 Å². The van der Waals surface area contributed by atoms with Crippen molar-refractivity contribution in [3.8, 4) is 0 Å². The SMILES string of the molecule is CC(C)C(C)CNC(=O)Nc1ccc(N)cc1. The van der Waals surface area contributed by atoms with Crippen molar-refractivity contribution in [2.24, 2.45) is 11.8 Å². The van der Waals surface area contributed by atoms with E-state index in [1.54, 1.807) is 24.3 Å². The number of nitrogens with two attached hydrogens (primary N) is 1. The van der Waals surface area contributed by atoms with Crippen LogP contribution in [0.25, 0.3) is 0 Å². The van der Waals surface area contributed by atoms with E-state index in [1.807, 2.05) is 0 Å². The first-order valence-corrected chi connectivity index (χ1v) is 5.89. The molecule has 0 heterocycles. The number of anilines is 2. The number of benzene rings is 1. The van der Waals surface area contributed by atoms with E-state index in [2.05, 4.69) is 31.4 Å². The third-order valence-corrected chi connectivity index (χ3v) is 2.89. The Morgan fingerprint density at radius 1 is 1.24 bits per heavy atom. The Kier molecular flexibility index (Phi) is 4.82. The molecule has 1 aromatic carbocycles. The molecule has 1 atom stereocenters. The second kappa shape index (κ2) is 6.13. The summed E-state index contributed by atoms with van der Waals surface area (Å²) in [6.07, 6.45) is 0. The summed E-state index contributed by atoms with van der Waals surface area (Å²) >= 11 is 0. The van der Waals surface area contributed by atoms with Gasteiger partial charge in [-0.25, -0.2) is 4.79 Å². The van der Waals surface area contributed by atoms with Gasteiger partial charge in [-0.15, -0.1) is 0 Å². The van der Waals surface area contributed by atoms with Crippen LogP contribution in [0.3, 0.4) is 0 Å². The third kappa shape index (κ3) is 4.76. The minimum Gasteiger partial charge on any atom is -0.399 e. The molecule has 0 aliphatic rings. The zero-order valence-corrected chi connectivity index (χ0v) is 10.7. The van der Waals surface area contributed by atoms with Gasteiger partial charge in [0.15, 0.2) is 0 Å². The quantitative estimate of drug-likeness (QED) is 0.702. The largest absolute Gasteiger partial charge is 0.399 e. The summed E-state index contributed by atoms with van der Waals surface area (Å²) in [6, 6.07) is 6.89. The molecule has 0 aromatic heterocycles.